The van der Waals surface area contributed by atoms with Crippen molar-refractivity contribution in [1.29, 1.82) is 0 Å². The van der Waals surface area contributed by atoms with Crippen molar-refractivity contribution in [2.75, 3.05) is 40.4 Å². The Morgan fingerprint density at radius 3 is 2.12 bits per heavy atom. The summed E-state index contributed by atoms with van der Waals surface area (Å²) in [6, 6.07) is 5.28. The van der Waals surface area contributed by atoms with E-state index in [2.05, 4.69) is 5.32 Å². The van der Waals surface area contributed by atoms with Crippen LogP contribution < -0.4 is 14.8 Å². The van der Waals surface area contributed by atoms with Gasteiger partial charge >= 0.3 is 6.03 Å². The van der Waals surface area contributed by atoms with Crippen LogP contribution >= 0.6 is 0 Å². The molecule has 0 spiro atoms. The Labute approximate surface area is 148 Å². The number of carbonyl (C=O) groups is 2. The molecule has 1 saturated heterocycles. The minimum atomic E-state index is -0.139. The largest absolute Gasteiger partial charge is 0.496 e. The van der Waals surface area contributed by atoms with Crippen molar-refractivity contribution in [3.8, 4) is 11.5 Å². The second-order valence-corrected chi connectivity index (χ2v) is 6.27. The topological polar surface area (TPSA) is 71.1 Å². The smallest absolute Gasteiger partial charge is 0.317 e. The third-order valence-corrected chi connectivity index (χ3v) is 4.12. The van der Waals surface area contributed by atoms with Gasteiger partial charge in [-0.1, -0.05) is 6.07 Å². The van der Waals surface area contributed by atoms with Gasteiger partial charge < -0.3 is 24.6 Å². The van der Waals surface area contributed by atoms with Crippen molar-refractivity contribution in [3.05, 3.63) is 23.8 Å². The first-order valence-corrected chi connectivity index (χ1v) is 8.53. The SMILES string of the molecule is COc1cccc(OC)c1C(=O)N1CCCN(C(=O)NC(C)C)CC1. The number of urea groups is 1. The number of amides is 3. The highest BCUT2D eigenvalue weighted by atomic mass is 16.5. The molecule has 0 atom stereocenters. The summed E-state index contributed by atoms with van der Waals surface area (Å²) in [5.41, 5.74) is 0.424. The number of nitrogens with one attached hydrogen (secondary N) is 1. The summed E-state index contributed by atoms with van der Waals surface area (Å²) >= 11 is 0. The lowest BCUT2D eigenvalue weighted by Crippen LogP contribution is -2.44. The van der Waals surface area contributed by atoms with Crippen molar-refractivity contribution in [3.63, 3.8) is 0 Å². The molecule has 1 aromatic rings. The van der Waals surface area contributed by atoms with E-state index in [9.17, 15) is 9.59 Å². The summed E-state index contributed by atoms with van der Waals surface area (Å²) in [6.45, 7) is 6.06. The molecule has 0 saturated carbocycles. The number of hydrogen-bond donors (Lipinski definition) is 1. The molecule has 1 aliphatic rings. The first-order valence-electron chi connectivity index (χ1n) is 8.53. The van der Waals surface area contributed by atoms with Crippen LogP contribution in [0.1, 0.15) is 30.6 Å². The summed E-state index contributed by atoms with van der Waals surface area (Å²) in [6.07, 6.45) is 0.731. The molecule has 0 unspecified atom stereocenters. The second-order valence-electron chi connectivity index (χ2n) is 6.27. The van der Waals surface area contributed by atoms with Gasteiger partial charge in [0.1, 0.15) is 17.1 Å². The van der Waals surface area contributed by atoms with Gasteiger partial charge in [0.05, 0.1) is 14.2 Å². The zero-order valence-electron chi connectivity index (χ0n) is 15.4. The van der Waals surface area contributed by atoms with Crippen molar-refractivity contribution in [2.45, 2.75) is 26.3 Å². The minimum absolute atomic E-state index is 0.0841. The predicted molar refractivity (Wildman–Crippen MR) is 95.3 cm³/mol. The summed E-state index contributed by atoms with van der Waals surface area (Å²) in [5, 5.41) is 2.90. The van der Waals surface area contributed by atoms with Crippen LogP contribution in [0, 0.1) is 0 Å². The van der Waals surface area contributed by atoms with E-state index in [0.29, 0.717) is 43.2 Å². The third kappa shape index (κ3) is 4.55. The standard InChI is InChI=1S/C18H27N3O4/c1-13(2)19-18(23)21-10-6-9-20(11-12-21)17(22)16-14(24-3)7-5-8-15(16)25-4/h5,7-8,13H,6,9-12H2,1-4H3,(H,19,23). The lowest BCUT2D eigenvalue weighted by molar-refractivity contribution is 0.0755. The molecule has 0 aromatic heterocycles. The zero-order valence-corrected chi connectivity index (χ0v) is 15.4. The van der Waals surface area contributed by atoms with E-state index in [1.54, 1.807) is 28.0 Å². The highest BCUT2D eigenvalue weighted by Gasteiger charge is 2.27. The molecule has 1 heterocycles. The fourth-order valence-corrected chi connectivity index (χ4v) is 2.88. The van der Waals surface area contributed by atoms with Crippen molar-refractivity contribution >= 4 is 11.9 Å². The molecular weight excluding hydrogens is 322 g/mol. The van der Waals surface area contributed by atoms with Crippen molar-refractivity contribution in [2.24, 2.45) is 0 Å². The van der Waals surface area contributed by atoms with E-state index in [1.807, 2.05) is 13.8 Å². The quantitative estimate of drug-likeness (QED) is 0.902. The maximum Gasteiger partial charge on any atom is 0.317 e. The summed E-state index contributed by atoms with van der Waals surface area (Å²) in [5.74, 6) is 0.839. The average molecular weight is 349 g/mol. The molecule has 138 valence electrons. The van der Waals surface area contributed by atoms with Crippen LogP contribution in [0.2, 0.25) is 0 Å². The highest BCUT2D eigenvalue weighted by molar-refractivity contribution is 5.99. The minimum Gasteiger partial charge on any atom is -0.496 e. The molecule has 1 aliphatic heterocycles. The molecule has 3 amide bonds. The average Bonchev–Trinajstić information content (AvgIpc) is 2.86. The number of methoxy groups -OCH3 is 2. The molecular formula is C18H27N3O4. The molecule has 2 rings (SSSR count). The van der Waals surface area contributed by atoms with Crippen molar-refractivity contribution < 1.29 is 19.1 Å². The van der Waals surface area contributed by atoms with Gasteiger partial charge in [-0.05, 0) is 32.4 Å². The van der Waals surface area contributed by atoms with Gasteiger partial charge in [-0.25, -0.2) is 4.79 Å². The van der Waals surface area contributed by atoms with Crippen LogP contribution in [0.4, 0.5) is 4.79 Å². The van der Waals surface area contributed by atoms with E-state index in [1.165, 1.54) is 14.2 Å². The van der Waals surface area contributed by atoms with Crippen LogP contribution in [0.25, 0.3) is 0 Å². The molecule has 0 aliphatic carbocycles. The first kappa shape index (κ1) is 18.9. The molecule has 7 heteroatoms. The fourth-order valence-electron chi connectivity index (χ4n) is 2.88. The van der Waals surface area contributed by atoms with Gasteiger partial charge in [0, 0.05) is 32.2 Å². The Kier molecular flexibility index (Phi) is 6.50. The third-order valence-electron chi connectivity index (χ3n) is 4.12. The normalized spacial score (nSPS) is 14.9. The molecule has 1 aromatic carbocycles. The molecule has 0 radical (unpaired) electrons. The highest BCUT2D eigenvalue weighted by Crippen LogP contribution is 2.29. The molecule has 0 bridgehead atoms. The van der Waals surface area contributed by atoms with Gasteiger partial charge in [0.2, 0.25) is 0 Å². The number of rotatable bonds is 4. The van der Waals surface area contributed by atoms with Gasteiger partial charge in [-0.3, -0.25) is 4.79 Å². The molecule has 1 N–H and O–H groups in total. The van der Waals surface area contributed by atoms with Gasteiger partial charge in [-0.2, -0.15) is 0 Å². The van der Waals surface area contributed by atoms with Gasteiger partial charge in [0.25, 0.3) is 5.91 Å². The molecule has 1 fully saturated rings. The van der Waals surface area contributed by atoms with E-state index in [-0.39, 0.29) is 18.0 Å². The first-order chi connectivity index (χ1) is 12.0. The predicted octanol–water partition coefficient (Wildman–Crippen LogP) is 1.97. The summed E-state index contributed by atoms with van der Waals surface area (Å²) < 4.78 is 10.7. The maximum atomic E-state index is 13.0. The Balaban J connectivity index is 2.13. The van der Waals surface area contributed by atoms with E-state index in [4.69, 9.17) is 9.47 Å². The van der Waals surface area contributed by atoms with Crippen molar-refractivity contribution in [1.82, 2.24) is 15.1 Å². The van der Waals surface area contributed by atoms with E-state index in [0.717, 1.165) is 6.42 Å². The lowest BCUT2D eigenvalue weighted by atomic mass is 10.1. The van der Waals surface area contributed by atoms with Crippen LogP contribution in [0.5, 0.6) is 11.5 Å². The number of ether oxygens (including phenoxy) is 2. The Hall–Kier alpha value is -2.44. The van der Waals surface area contributed by atoms with Gasteiger partial charge in [0.15, 0.2) is 0 Å². The zero-order chi connectivity index (χ0) is 18.4. The van der Waals surface area contributed by atoms with Crippen LogP contribution in [-0.2, 0) is 0 Å². The van der Waals surface area contributed by atoms with E-state index < -0.39 is 0 Å². The number of carbonyl (C=O) groups excluding carboxylic acids is 2. The van der Waals surface area contributed by atoms with Gasteiger partial charge in [-0.15, -0.1) is 0 Å². The number of benzene rings is 1. The maximum absolute atomic E-state index is 13.0. The monoisotopic (exact) mass is 349 g/mol. The fraction of sp³-hybridized carbons (Fsp3) is 0.556. The number of hydrogen-bond acceptors (Lipinski definition) is 4. The molecule has 25 heavy (non-hydrogen) atoms. The van der Waals surface area contributed by atoms with Crippen LogP contribution in [0.15, 0.2) is 18.2 Å². The second kappa shape index (κ2) is 8.60. The Morgan fingerprint density at radius 2 is 1.56 bits per heavy atom. The van der Waals surface area contributed by atoms with Crippen LogP contribution in [0.3, 0.4) is 0 Å². The Bertz CT molecular complexity index is 596. The summed E-state index contributed by atoms with van der Waals surface area (Å²) in [4.78, 5) is 28.7. The Morgan fingerprint density at radius 1 is 1.00 bits per heavy atom. The van der Waals surface area contributed by atoms with E-state index >= 15 is 0 Å². The molecule has 7 nitrogen and oxygen atoms in total. The number of nitrogens with zero attached hydrogens (tertiary/aromatic N) is 2. The van der Waals surface area contributed by atoms with Crippen LogP contribution in [-0.4, -0.2) is 68.2 Å². The lowest BCUT2D eigenvalue weighted by Gasteiger charge is -2.24. The summed E-state index contributed by atoms with van der Waals surface area (Å²) in [7, 11) is 3.07.